The molecule has 0 bridgehead atoms. The Kier molecular flexibility index (Phi) is 4.94. The number of benzene rings is 2. The van der Waals surface area contributed by atoms with Gasteiger partial charge in [-0.2, -0.15) is 0 Å². The summed E-state index contributed by atoms with van der Waals surface area (Å²) in [5.74, 6) is -1.91. The van der Waals surface area contributed by atoms with Crippen molar-refractivity contribution >= 4 is 23.4 Å². The van der Waals surface area contributed by atoms with Crippen molar-refractivity contribution in [1.29, 1.82) is 0 Å². The number of hydrogen-bond acceptors (Lipinski definition) is 6. The van der Waals surface area contributed by atoms with Crippen LogP contribution < -0.4 is 10.1 Å². The second-order valence-electron chi connectivity index (χ2n) is 5.84. The van der Waals surface area contributed by atoms with Crippen LogP contribution in [0.1, 0.15) is 27.5 Å². The summed E-state index contributed by atoms with van der Waals surface area (Å²) < 4.78 is 9.78. The average molecular weight is 367 g/mol. The van der Waals surface area contributed by atoms with E-state index in [2.05, 4.69) is 10.1 Å². The van der Waals surface area contributed by atoms with E-state index in [0.717, 1.165) is 0 Å². The average Bonchev–Trinajstić information content (AvgIpc) is 3.01. The maximum Gasteiger partial charge on any atom is 0.337 e. The molecule has 138 valence electrons. The van der Waals surface area contributed by atoms with Crippen LogP contribution in [0.3, 0.4) is 0 Å². The van der Waals surface area contributed by atoms with Gasteiger partial charge in [0.1, 0.15) is 11.5 Å². The highest BCUT2D eigenvalue weighted by atomic mass is 16.5. The summed E-state index contributed by atoms with van der Waals surface area (Å²) in [5.41, 5.74) is 1.18. The van der Waals surface area contributed by atoms with E-state index in [-0.39, 0.29) is 11.3 Å². The Morgan fingerprint density at radius 1 is 1.04 bits per heavy atom. The molecule has 1 fully saturated rings. The molecule has 27 heavy (non-hydrogen) atoms. The van der Waals surface area contributed by atoms with Gasteiger partial charge in [0.25, 0.3) is 11.7 Å². The molecular formula is C20H17NO6. The van der Waals surface area contributed by atoms with Crippen molar-refractivity contribution < 1.29 is 29.0 Å². The zero-order valence-corrected chi connectivity index (χ0v) is 14.7. The highest BCUT2D eigenvalue weighted by Gasteiger charge is 2.39. The number of carbonyl (C=O) groups excluding carboxylic acids is 3. The summed E-state index contributed by atoms with van der Waals surface area (Å²) in [5, 5.41) is 13.2. The second-order valence-corrected chi connectivity index (χ2v) is 5.84. The molecule has 2 aromatic carbocycles. The van der Waals surface area contributed by atoms with Gasteiger partial charge in [-0.05, 0) is 29.8 Å². The molecule has 0 aromatic heterocycles. The minimum absolute atomic E-state index is 0.0564. The zero-order chi connectivity index (χ0) is 19.6. The van der Waals surface area contributed by atoms with E-state index in [1.165, 1.54) is 26.4 Å². The van der Waals surface area contributed by atoms with E-state index in [1.54, 1.807) is 36.4 Å². The smallest absolute Gasteiger partial charge is 0.337 e. The molecule has 1 aliphatic heterocycles. The van der Waals surface area contributed by atoms with Crippen LogP contribution in [-0.4, -0.2) is 37.0 Å². The van der Waals surface area contributed by atoms with Crippen LogP contribution in [0.2, 0.25) is 0 Å². The number of ketones is 1. The molecule has 7 heteroatoms. The van der Waals surface area contributed by atoms with E-state index in [4.69, 9.17) is 4.74 Å². The normalized spacial score (nSPS) is 18.1. The largest absolute Gasteiger partial charge is 0.507 e. The maximum absolute atomic E-state index is 12.3. The summed E-state index contributed by atoms with van der Waals surface area (Å²) in [4.78, 5) is 35.8. The van der Waals surface area contributed by atoms with Crippen molar-refractivity contribution in [2.24, 2.45) is 0 Å². The van der Waals surface area contributed by atoms with Gasteiger partial charge in [-0.25, -0.2) is 4.79 Å². The monoisotopic (exact) mass is 367 g/mol. The van der Waals surface area contributed by atoms with Crippen LogP contribution in [0.15, 0.2) is 54.1 Å². The van der Waals surface area contributed by atoms with E-state index in [0.29, 0.717) is 22.4 Å². The number of Topliss-reactive ketones (excluding diaryl/α,β-unsaturated/α-hetero) is 1. The highest BCUT2D eigenvalue weighted by molar-refractivity contribution is 6.46. The fourth-order valence-corrected chi connectivity index (χ4v) is 2.87. The third kappa shape index (κ3) is 3.39. The van der Waals surface area contributed by atoms with Crippen molar-refractivity contribution in [3.63, 3.8) is 0 Å². The number of carbonyl (C=O) groups is 3. The minimum atomic E-state index is -0.831. The molecular weight excluding hydrogens is 350 g/mol. The molecule has 1 aliphatic rings. The van der Waals surface area contributed by atoms with Gasteiger partial charge < -0.3 is 19.9 Å². The third-order valence-corrected chi connectivity index (χ3v) is 4.28. The van der Waals surface area contributed by atoms with Crippen LogP contribution in [-0.2, 0) is 14.3 Å². The molecule has 0 radical (unpaired) electrons. The first kappa shape index (κ1) is 18.2. The lowest BCUT2D eigenvalue weighted by atomic mass is 9.95. The van der Waals surface area contributed by atoms with Gasteiger partial charge in [0.15, 0.2) is 0 Å². The Balaban J connectivity index is 2.05. The predicted molar refractivity (Wildman–Crippen MR) is 96.2 cm³/mol. The van der Waals surface area contributed by atoms with E-state index < -0.39 is 23.7 Å². The number of rotatable bonds is 4. The highest BCUT2D eigenvalue weighted by Crippen LogP contribution is 2.33. The van der Waals surface area contributed by atoms with Gasteiger partial charge in [0.05, 0.1) is 31.4 Å². The second kappa shape index (κ2) is 7.33. The van der Waals surface area contributed by atoms with Gasteiger partial charge >= 0.3 is 5.97 Å². The van der Waals surface area contributed by atoms with Crippen LogP contribution in [0.5, 0.6) is 5.75 Å². The molecule has 0 unspecified atom stereocenters. The lowest BCUT2D eigenvalue weighted by Gasteiger charge is -2.14. The van der Waals surface area contributed by atoms with Crippen LogP contribution in [0, 0.1) is 0 Å². The Labute approximate surface area is 155 Å². The topological polar surface area (TPSA) is 102 Å². The van der Waals surface area contributed by atoms with Crippen LogP contribution in [0.25, 0.3) is 5.76 Å². The lowest BCUT2D eigenvalue weighted by molar-refractivity contribution is -0.133. The van der Waals surface area contributed by atoms with E-state index in [9.17, 15) is 19.5 Å². The summed E-state index contributed by atoms with van der Waals surface area (Å²) in [6.07, 6.45) is 0. The van der Waals surface area contributed by atoms with E-state index >= 15 is 0 Å². The standard InChI is InChI=1S/C20H17NO6/c1-26-14-5-3-4-13(10-14)17(22)15-16(21-19(24)18(15)23)11-6-8-12(9-7-11)20(25)27-2/h3-10,16,22H,1-2H3,(H,21,24)/t16-/m1/s1. The minimum Gasteiger partial charge on any atom is -0.507 e. The quantitative estimate of drug-likeness (QED) is 0.372. The van der Waals surface area contributed by atoms with Crippen molar-refractivity contribution in [2.75, 3.05) is 14.2 Å². The number of methoxy groups -OCH3 is 2. The fourth-order valence-electron chi connectivity index (χ4n) is 2.87. The zero-order valence-electron chi connectivity index (χ0n) is 14.7. The van der Waals surface area contributed by atoms with Gasteiger partial charge in [0.2, 0.25) is 0 Å². The molecule has 0 spiro atoms. The first-order valence-electron chi connectivity index (χ1n) is 8.07. The summed E-state index contributed by atoms with van der Waals surface area (Å²) in [6.45, 7) is 0. The summed E-state index contributed by atoms with van der Waals surface area (Å²) >= 11 is 0. The number of aliphatic hydroxyl groups excluding tert-OH is 1. The Morgan fingerprint density at radius 2 is 1.74 bits per heavy atom. The first-order chi connectivity index (χ1) is 13.0. The lowest BCUT2D eigenvalue weighted by Crippen LogP contribution is -2.21. The third-order valence-electron chi connectivity index (χ3n) is 4.28. The van der Waals surface area contributed by atoms with Crippen molar-refractivity contribution in [3.05, 3.63) is 70.8 Å². The molecule has 7 nitrogen and oxygen atoms in total. The number of esters is 1. The summed E-state index contributed by atoms with van der Waals surface area (Å²) in [6, 6.07) is 11.9. The molecule has 0 aliphatic carbocycles. The van der Waals surface area contributed by atoms with Crippen molar-refractivity contribution in [1.82, 2.24) is 5.32 Å². The van der Waals surface area contributed by atoms with E-state index in [1.807, 2.05) is 0 Å². The molecule has 1 saturated heterocycles. The number of nitrogens with one attached hydrogen (secondary N) is 1. The summed E-state index contributed by atoms with van der Waals surface area (Å²) in [7, 11) is 2.76. The predicted octanol–water partition coefficient (Wildman–Crippen LogP) is 2.19. The molecule has 2 aromatic rings. The number of ether oxygens (including phenoxy) is 2. The first-order valence-corrected chi connectivity index (χ1v) is 8.07. The van der Waals surface area contributed by atoms with Gasteiger partial charge in [0, 0.05) is 5.56 Å². The fraction of sp³-hybridized carbons (Fsp3) is 0.150. The molecule has 2 N–H and O–H groups in total. The number of aliphatic hydroxyl groups is 1. The van der Waals surface area contributed by atoms with Gasteiger partial charge in [-0.1, -0.05) is 24.3 Å². The molecule has 1 heterocycles. The number of hydrogen-bond donors (Lipinski definition) is 2. The van der Waals surface area contributed by atoms with Gasteiger partial charge in [-0.3, -0.25) is 9.59 Å². The Bertz CT molecular complexity index is 945. The molecule has 1 amide bonds. The number of amides is 1. The Hall–Kier alpha value is -3.61. The van der Waals surface area contributed by atoms with Gasteiger partial charge in [-0.15, -0.1) is 0 Å². The Morgan fingerprint density at radius 3 is 2.37 bits per heavy atom. The molecule has 0 saturated carbocycles. The SMILES string of the molecule is COC(=O)c1ccc([C@H]2NC(=O)C(=O)C2=C(O)c2cccc(OC)c2)cc1. The molecule has 1 atom stereocenters. The molecule has 3 rings (SSSR count). The van der Waals surface area contributed by atoms with Crippen molar-refractivity contribution in [2.45, 2.75) is 6.04 Å². The van der Waals surface area contributed by atoms with Crippen LogP contribution in [0.4, 0.5) is 0 Å². The van der Waals surface area contributed by atoms with Crippen molar-refractivity contribution in [3.8, 4) is 5.75 Å². The van der Waals surface area contributed by atoms with Crippen LogP contribution >= 0.6 is 0 Å². The maximum atomic E-state index is 12.3.